The summed E-state index contributed by atoms with van der Waals surface area (Å²) in [6.45, 7) is 4.93. The third kappa shape index (κ3) is 5.61. The van der Waals surface area contributed by atoms with Crippen molar-refractivity contribution in [3.8, 4) is 5.75 Å². The van der Waals surface area contributed by atoms with Crippen LogP contribution in [0.25, 0.3) is 0 Å². The molecule has 7 heteroatoms. The van der Waals surface area contributed by atoms with E-state index in [-0.39, 0.29) is 24.2 Å². The van der Waals surface area contributed by atoms with Gasteiger partial charge in [-0.25, -0.2) is 0 Å². The standard InChI is InChI=1S/C21H31N3O3.ClH/c1-15(16-6-5-10-22-14-16)12-20(25)23-17-8-9-19(27-2)18(13-17)24-11-4-3-7-21(24)26;/h8-9,13,15-16,22H,3-7,10-12,14H2,1-2H3,(H,23,25);1H. The molecule has 0 saturated carbocycles. The number of carbonyl (C=O) groups excluding carboxylic acids is 2. The molecule has 156 valence electrons. The van der Waals surface area contributed by atoms with Crippen LogP contribution in [-0.4, -0.2) is 38.6 Å². The fourth-order valence-electron chi connectivity index (χ4n) is 4.07. The van der Waals surface area contributed by atoms with Crippen LogP contribution in [0.2, 0.25) is 0 Å². The molecule has 2 unspecified atom stereocenters. The summed E-state index contributed by atoms with van der Waals surface area (Å²) >= 11 is 0. The number of ether oxygens (including phenoxy) is 1. The second-order valence-corrected chi connectivity index (χ2v) is 7.73. The minimum Gasteiger partial charge on any atom is -0.495 e. The smallest absolute Gasteiger partial charge is 0.227 e. The largest absolute Gasteiger partial charge is 0.495 e. The first-order chi connectivity index (χ1) is 13.1. The third-order valence-corrected chi connectivity index (χ3v) is 5.72. The Morgan fingerprint density at radius 2 is 2.18 bits per heavy atom. The molecule has 0 aliphatic carbocycles. The van der Waals surface area contributed by atoms with Gasteiger partial charge in [-0.3, -0.25) is 9.59 Å². The number of halogens is 1. The lowest BCUT2D eigenvalue weighted by Crippen LogP contribution is -2.35. The van der Waals surface area contributed by atoms with Gasteiger partial charge in [0.25, 0.3) is 0 Å². The van der Waals surface area contributed by atoms with Crippen molar-refractivity contribution < 1.29 is 14.3 Å². The van der Waals surface area contributed by atoms with Crippen molar-refractivity contribution in [2.45, 2.75) is 45.4 Å². The number of nitrogens with one attached hydrogen (secondary N) is 2. The van der Waals surface area contributed by atoms with Crippen LogP contribution >= 0.6 is 12.4 Å². The Labute approximate surface area is 173 Å². The number of piperidine rings is 2. The first kappa shape index (κ1) is 22.5. The van der Waals surface area contributed by atoms with Crippen LogP contribution in [0.4, 0.5) is 11.4 Å². The van der Waals surface area contributed by atoms with Gasteiger partial charge >= 0.3 is 0 Å². The fourth-order valence-corrected chi connectivity index (χ4v) is 4.07. The zero-order valence-corrected chi connectivity index (χ0v) is 17.6. The summed E-state index contributed by atoms with van der Waals surface area (Å²) in [5.41, 5.74) is 1.45. The number of anilines is 2. The van der Waals surface area contributed by atoms with E-state index in [4.69, 9.17) is 4.74 Å². The van der Waals surface area contributed by atoms with Crippen LogP contribution in [0.15, 0.2) is 18.2 Å². The molecule has 3 rings (SSSR count). The summed E-state index contributed by atoms with van der Waals surface area (Å²) in [7, 11) is 1.60. The van der Waals surface area contributed by atoms with Crippen LogP contribution in [0.1, 0.15) is 45.4 Å². The third-order valence-electron chi connectivity index (χ3n) is 5.72. The molecule has 0 bridgehead atoms. The number of carbonyl (C=O) groups is 2. The molecule has 2 aliphatic heterocycles. The summed E-state index contributed by atoms with van der Waals surface area (Å²) in [5.74, 6) is 1.70. The molecule has 28 heavy (non-hydrogen) atoms. The van der Waals surface area contributed by atoms with Gasteiger partial charge in [0.05, 0.1) is 12.8 Å². The van der Waals surface area contributed by atoms with E-state index in [2.05, 4.69) is 17.6 Å². The molecule has 2 fully saturated rings. The monoisotopic (exact) mass is 409 g/mol. The molecule has 2 N–H and O–H groups in total. The number of rotatable bonds is 6. The van der Waals surface area contributed by atoms with E-state index in [1.54, 1.807) is 12.0 Å². The number of methoxy groups -OCH3 is 1. The predicted octanol–water partition coefficient (Wildman–Crippen LogP) is 3.60. The maximum absolute atomic E-state index is 12.5. The maximum Gasteiger partial charge on any atom is 0.227 e. The van der Waals surface area contributed by atoms with E-state index >= 15 is 0 Å². The lowest BCUT2D eigenvalue weighted by molar-refractivity contribution is -0.119. The zero-order chi connectivity index (χ0) is 19.2. The Hall–Kier alpha value is -1.79. The Kier molecular flexibility index (Phi) is 8.58. The average molecular weight is 410 g/mol. The van der Waals surface area contributed by atoms with Gasteiger partial charge in [-0.1, -0.05) is 6.92 Å². The topological polar surface area (TPSA) is 70.7 Å². The number of hydrogen-bond donors (Lipinski definition) is 2. The highest BCUT2D eigenvalue weighted by Gasteiger charge is 2.24. The molecule has 2 aliphatic rings. The van der Waals surface area contributed by atoms with E-state index in [1.807, 2.05) is 18.2 Å². The van der Waals surface area contributed by atoms with Crippen molar-refractivity contribution in [2.75, 3.05) is 37.0 Å². The molecule has 0 spiro atoms. The van der Waals surface area contributed by atoms with Crippen LogP contribution in [0.3, 0.4) is 0 Å². The zero-order valence-electron chi connectivity index (χ0n) is 16.8. The molecule has 2 amide bonds. The van der Waals surface area contributed by atoms with E-state index < -0.39 is 0 Å². The van der Waals surface area contributed by atoms with Crippen LogP contribution in [0.5, 0.6) is 5.75 Å². The van der Waals surface area contributed by atoms with Gasteiger partial charge in [-0.15, -0.1) is 12.4 Å². The van der Waals surface area contributed by atoms with Gasteiger partial charge < -0.3 is 20.3 Å². The second kappa shape index (κ2) is 10.7. The quantitative estimate of drug-likeness (QED) is 0.753. The van der Waals surface area contributed by atoms with Gasteiger partial charge in [0.1, 0.15) is 5.75 Å². The molecule has 2 saturated heterocycles. The van der Waals surface area contributed by atoms with Gasteiger partial charge in [0.15, 0.2) is 0 Å². The highest BCUT2D eigenvalue weighted by Crippen LogP contribution is 2.34. The normalized spacial score (nSPS) is 20.9. The van der Waals surface area contributed by atoms with Crippen molar-refractivity contribution in [1.29, 1.82) is 0 Å². The summed E-state index contributed by atoms with van der Waals surface area (Å²) in [6, 6.07) is 5.51. The van der Waals surface area contributed by atoms with Gasteiger partial charge in [0, 0.05) is 25.1 Å². The Balaban J connectivity index is 0.00000280. The Morgan fingerprint density at radius 1 is 1.36 bits per heavy atom. The van der Waals surface area contributed by atoms with E-state index in [1.165, 1.54) is 12.8 Å². The van der Waals surface area contributed by atoms with Gasteiger partial charge in [-0.05, 0) is 68.8 Å². The van der Waals surface area contributed by atoms with Crippen LogP contribution < -0.4 is 20.3 Å². The summed E-state index contributed by atoms with van der Waals surface area (Å²) < 4.78 is 5.44. The van der Waals surface area contributed by atoms with Crippen molar-refractivity contribution in [3.63, 3.8) is 0 Å². The van der Waals surface area contributed by atoms with Crippen LogP contribution in [-0.2, 0) is 9.59 Å². The lowest BCUT2D eigenvalue weighted by Gasteiger charge is -2.29. The molecule has 0 radical (unpaired) electrons. The SMILES string of the molecule is COc1ccc(NC(=O)CC(C)C2CCCNC2)cc1N1CCCCC1=O.Cl. The lowest BCUT2D eigenvalue weighted by atomic mass is 9.85. The van der Waals surface area contributed by atoms with Gasteiger partial charge in [0.2, 0.25) is 11.8 Å². The Morgan fingerprint density at radius 3 is 2.86 bits per heavy atom. The van der Waals surface area contributed by atoms with Crippen molar-refractivity contribution in [1.82, 2.24) is 5.32 Å². The van der Waals surface area contributed by atoms with E-state index in [0.717, 1.165) is 31.6 Å². The minimum absolute atomic E-state index is 0. The second-order valence-electron chi connectivity index (χ2n) is 7.73. The highest BCUT2D eigenvalue weighted by atomic mass is 35.5. The van der Waals surface area contributed by atoms with Crippen LogP contribution in [0, 0.1) is 11.8 Å². The molecular weight excluding hydrogens is 378 g/mol. The Bertz CT molecular complexity index is 677. The molecule has 1 aromatic carbocycles. The minimum atomic E-state index is 0. The number of amides is 2. The molecule has 2 heterocycles. The molecule has 0 aromatic heterocycles. The highest BCUT2D eigenvalue weighted by molar-refractivity contribution is 5.97. The number of hydrogen-bond acceptors (Lipinski definition) is 4. The first-order valence-electron chi connectivity index (χ1n) is 10.1. The van der Waals surface area contributed by atoms with Crippen molar-refractivity contribution in [3.05, 3.63) is 18.2 Å². The first-order valence-corrected chi connectivity index (χ1v) is 10.1. The van der Waals surface area contributed by atoms with E-state index in [0.29, 0.717) is 42.7 Å². The summed E-state index contributed by atoms with van der Waals surface area (Å²) in [6.07, 6.45) is 5.36. The molecular formula is C21H32ClN3O3. The fraction of sp³-hybridized carbons (Fsp3) is 0.619. The summed E-state index contributed by atoms with van der Waals surface area (Å²) in [4.78, 5) is 26.6. The number of nitrogens with zero attached hydrogens (tertiary/aromatic N) is 1. The average Bonchev–Trinajstić information content (AvgIpc) is 2.69. The molecule has 2 atom stereocenters. The van der Waals surface area contributed by atoms with Crippen molar-refractivity contribution >= 4 is 35.6 Å². The van der Waals surface area contributed by atoms with E-state index in [9.17, 15) is 9.59 Å². The van der Waals surface area contributed by atoms with Gasteiger partial charge in [-0.2, -0.15) is 0 Å². The number of benzene rings is 1. The predicted molar refractivity (Wildman–Crippen MR) is 114 cm³/mol. The molecule has 1 aromatic rings. The molecule has 6 nitrogen and oxygen atoms in total. The maximum atomic E-state index is 12.5. The summed E-state index contributed by atoms with van der Waals surface area (Å²) in [5, 5.41) is 6.42. The van der Waals surface area contributed by atoms with Crippen molar-refractivity contribution in [2.24, 2.45) is 11.8 Å².